The first kappa shape index (κ1) is 29.0. The molecule has 2 atom stereocenters. The second kappa shape index (κ2) is 12.3. The Kier molecular flexibility index (Phi) is 8.29. The highest BCUT2D eigenvalue weighted by molar-refractivity contribution is 7.15. The molecule has 1 aliphatic heterocycles. The van der Waals surface area contributed by atoms with Crippen LogP contribution in [0.25, 0.3) is 16.5 Å². The van der Waals surface area contributed by atoms with E-state index in [1.807, 2.05) is 44.2 Å². The number of hydrogen-bond acceptors (Lipinski definition) is 7. The molecule has 0 N–H and O–H groups in total. The monoisotopic (exact) mass is 621 g/mol. The van der Waals surface area contributed by atoms with Crippen molar-refractivity contribution < 1.29 is 18.7 Å². The van der Waals surface area contributed by atoms with Crippen LogP contribution in [0.15, 0.2) is 71.9 Å². The highest BCUT2D eigenvalue weighted by Crippen LogP contribution is 2.32. The molecule has 12 heteroatoms. The van der Waals surface area contributed by atoms with Gasteiger partial charge in [0.05, 0.1) is 17.2 Å². The van der Waals surface area contributed by atoms with Crippen LogP contribution in [0.4, 0.5) is 4.39 Å². The van der Waals surface area contributed by atoms with E-state index in [1.54, 1.807) is 40.2 Å². The van der Waals surface area contributed by atoms with Crippen LogP contribution >= 0.6 is 22.9 Å². The predicted molar refractivity (Wildman–Crippen MR) is 162 cm³/mol. The number of carbonyl (C=O) groups excluding carboxylic acids is 1. The molecular formula is C31H29ClFN5O4S. The lowest BCUT2D eigenvalue weighted by Gasteiger charge is -2.35. The Balaban J connectivity index is 1.35. The SMILES string of the molecule is CC1CN(C(=O)Cn2ccn3c(=O)c(OCc4ccccc4)c(-c4ncc(Cc5ccc(F)c(Cl)c5)s4)nc23)CC(C)O1. The molecule has 43 heavy (non-hydrogen) atoms. The summed E-state index contributed by atoms with van der Waals surface area (Å²) >= 11 is 7.33. The maximum absolute atomic E-state index is 13.8. The molecule has 0 radical (unpaired) electrons. The van der Waals surface area contributed by atoms with Gasteiger partial charge in [0.25, 0.3) is 0 Å². The number of benzene rings is 2. The van der Waals surface area contributed by atoms with Crippen molar-refractivity contribution in [1.82, 2.24) is 23.8 Å². The molecular weight excluding hydrogens is 593 g/mol. The minimum atomic E-state index is -0.479. The van der Waals surface area contributed by atoms with E-state index in [-0.39, 0.29) is 47.7 Å². The lowest BCUT2D eigenvalue weighted by atomic mass is 10.1. The van der Waals surface area contributed by atoms with Crippen molar-refractivity contribution in [3.63, 3.8) is 0 Å². The van der Waals surface area contributed by atoms with Crippen LogP contribution < -0.4 is 10.3 Å². The number of halogens is 2. The zero-order valence-corrected chi connectivity index (χ0v) is 25.1. The zero-order valence-electron chi connectivity index (χ0n) is 23.6. The first-order valence-corrected chi connectivity index (χ1v) is 15.0. The Morgan fingerprint density at radius 3 is 2.63 bits per heavy atom. The molecule has 2 aromatic carbocycles. The number of thiazole rings is 1. The second-order valence-corrected chi connectivity index (χ2v) is 12.1. The molecule has 3 aromatic heterocycles. The fourth-order valence-corrected chi connectivity index (χ4v) is 6.30. The molecule has 0 spiro atoms. The standard InChI is InChI=1S/C31H29ClFN5O4S/c1-19-15-37(16-20(2)42-19)26(39)17-36-10-11-38-30(40)28(41-18-21-6-4-3-5-7-21)27(35-31(36)38)29-34-14-23(43-29)12-22-8-9-25(33)24(32)13-22/h3-11,13-14,19-20H,12,15-18H2,1-2H3. The summed E-state index contributed by atoms with van der Waals surface area (Å²) in [4.78, 5) is 39.1. The van der Waals surface area contributed by atoms with E-state index in [4.69, 9.17) is 26.1 Å². The smallest absolute Gasteiger partial charge is 0.302 e. The number of ether oxygens (including phenoxy) is 2. The summed E-state index contributed by atoms with van der Waals surface area (Å²) in [6, 6.07) is 14.1. The third kappa shape index (κ3) is 6.34. The van der Waals surface area contributed by atoms with Crippen LogP contribution in [-0.4, -0.2) is 55.0 Å². The summed E-state index contributed by atoms with van der Waals surface area (Å²) in [5.41, 5.74) is 1.60. The van der Waals surface area contributed by atoms with Crippen molar-refractivity contribution >= 4 is 34.6 Å². The van der Waals surface area contributed by atoms with Gasteiger partial charge in [-0.25, -0.2) is 18.8 Å². The molecule has 9 nitrogen and oxygen atoms in total. The van der Waals surface area contributed by atoms with Crippen LogP contribution in [0.2, 0.25) is 5.02 Å². The minimum Gasteiger partial charge on any atom is -0.481 e. The Labute approximate surface area is 256 Å². The summed E-state index contributed by atoms with van der Waals surface area (Å²) in [5.74, 6) is -0.202. The third-order valence-electron chi connectivity index (χ3n) is 7.13. The Hall–Kier alpha value is -4.06. The van der Waals surface area contributed by atoms with Crippen molar-refractivity contribution in [2.75, 3.05) is 13.1 Å². The Morgan fingerprint density at radius 2 is 1.88 bits per heavy atom. The van der Waals surface area contributed by atoms with Gasteiger partial charge in [0.2, 0.25) is 17.4 Å². The van der Waals surface area contributed by atoms with Gasteiger partial charge >= 0.3 is 5.56 Å². The molecule has 1 fully saturated rings. The average molecular weight is 622 g/mol. The summed E-state index contributed by atoms with van der Waals surface area (Å²) in [6.45, 7) is 5.06. The van der Waals surface area contributed by atoms with E-state index in [9.17, 15) is 14.0 Å². The van der Waals surface area contributed by atoms with Crippen LogP contribution in [-0.2, 0) is 29.1 Å². The number of imidazole rings is 1. The fraction of sp³-hybridized carbons (Fsp3) is 0.290. The van der Waals surface area contributed by atoms with E-state index < -0.39 is 11.4 Å². The largest absolute Gasteiger partial charge is 0.481 e. The lowest BCUT2D eigenvalue weighted by molar-refractivity contribution is -0.143. The normalized spacial score (nSPS) is 17.0. The van der Waals surface area contributed by atoms with Crippen molar-refractivity contribution in [1.29, 1.82) is 0 Å². The lowest BCUT2D eigenvalue weighted by Crippen LogP contribution is -2.49. The number of morpholine rings is 1. The number of aromatic nitrogens is 4. The van der Waals surface area contributed by atoms with E-state index in [0.717, 1.165) is 16.0 Å². The van der Waals surface area contributed by atoms with Crippen LogP contribution in [0.3, 0.4) is 0 Å². The van der Waals surface area contributed by atoms with Gasteiger partial charge in [-0.2, -0.15) is 0 Å². The highest BCUT2D eigenvalue weighted by atomic mass is 35.5. The first-order valence-electron chi connectivity index (χ1n) is 13.9. The Bertz CT molecular complexity index is 1830. The van der Waals surface area contributed by atoms with Crippen LogP contribution in [0, 0.1) is 5.82 Å². The van der Waals surface area contributed by atoms with Gasteiger partial charge in [-0.05, 0) is 37.1 Å². The number of rotatable bonds is 8. The quantitative estimate of drug-likeness (QED) is 0.236. The third-order valence-corrected chi connectivity index (χ3v) is 8.42. The summed E-state index contributed by atoms with van der Waals surface area (Å²) in [7, 11) is 0. The zero-order chi connectivity index (χ0) is 30.1. The predicted octanol–water partition coefficient (Wildman–Crippen LogP) is 5.22. The topological polar surface area (TPSA) is 91.0 Å². The average Bonchev–Trinajstić information content (AvgIpc) is 3.61. The number of nitrogens with zero attached hydrogens (tertiary/aromatic N) is 5. The van der Waals surface area contributed by atoms with Gasteiger partial charge in [0, 0.05) is 43.0 Å². The molecule has 0 bridgehead atoms. The molecule has 1 amide bonds. The van der Waals surface area contributed by atoms with Gasteiger partial charge in [0.1, 0.15) is 24.0 Å². The molecule has 5 aromatic rings. The highest BCUT2D eigenvalue weighted by Gasteiger charge is 2.27. The number of carbonyl (C=O) groups is 1. The van der Waals surface area contributed by atoms with Crippen molar-refractivity contribution in [2.24, 2.45) is 0 Å². The summed E-state index contributed by atoms with van der Waals surface area (Å²) in [6.07, 6.45) is 5.32. The van der Waals surface area contributed by atoms with Gasteiger partial charge in [-0.1, -0.05) is 48.0 Å². The van der Waals surface area contributed by atoms with Gasteiger partial charge in [-0.15, -0.1) is 11.3 Å². The maximum atomic E-state index is 13.8. The van der Waals surface area contributed by atoms with Crippen molar-refractivity contribution in [3.8, 4) is 16.5 Å². The molecule has 0 aliphatic carbocycles. The summed E-state index contributed by atoms with van der Waals surface area (Å²) in [5, 5.41) is 0.538. The molecule has 4 heterocycles. The summed E-state index contributed by atoms with van der Waals surface area (Å²) < 4.78 is 28.6. The van der Waals surface area contributed by atoms with Crippen molar-refractivity contribution in [3.05, 3.63) is 104 Å². The number of amides is 1. The van der Waals surface area contributed by atoms with E-state index in [0.29, 0.717) is 30.3 Å². The first-order chi connectivity index (χ1) is 20.7. The number of hydrogen-bond donors (Lipinski definition) is 0. The number of fused-ring (bicyclic) bond motifs is 1. The van der Waals surface area contributed by atoms with Gasteiger partial charge in [0.15, 0.2) is 5.69 Å². The molecule has 1 aliphatic rings. The van der Waals surface area contributed by atoms with E-state index in [1.165, 1.54) is 21.8 Å². The molecule has 6 rings (SSSR count). The molecule has 222 valence electrons. The van der Waals surface area contributed by atoms with Crippen LogP contribution in [0.5, 0.6) is 5.75 Å². The van der Waals surface area contributed by atoms with Crippen LogP contribution in [0.1, 0.15) is 29.9 Å². The fourth-order valence-electron chi connectivity index (χ4n) is 5.16. The maximum Gasteiger partial charge on any atom is 0.302 e. The second-order valence-electron chi connectivity index (χ2n) is 10.6. The van der Waals surface area contributed by atoms with Crippen molar-refractivity contribution in [2.45, 2.75) is 45.6 Å². The van der Waals surface area contributed by atoms with E-state index >= 15 is 0 Å². The minimum absolute atomic E-state index is 0.0144. The van der Waals surface area contributed by atoms with Gasteiger partial charge in [-0.3, -0.25) is 9.59 Å². The Morgan fingerprint density at radius 1 is 1.12 bits per heavy atom. The van der Waals surface area contributed by atoms with E-state index in [2.05, 4.69) is 4.98 Å². The molecule has 1 saturated heterocycles. The molecule has 0 saturated carbocycles. The van der Waals surface area contributed by atoms with Gasteiger partial charge < -0.3 is 18.9 Å². The molecule has 2 unspecified atom stereocenters.